The predicted molar refractivity (Wildman–Crippen MR) is 93.2 cm³/mol. The molecule has 124 valence electrons. The van der Waals surface area contributed by atoms with Gasteiger partial charge >= 0.3 is 0 Å². The van der Waals surface area contributed by atoms with Crippen LogP contribution in [0.25, 0.3) is 5.69 Å². The van der Waals surface area contributed by atoms with Crippen molar-refractivity contribution in [3.8, 4) is 5.69 Å². The molecule has 1 amide bonds. The Bertz CT molecular complexity index is 689. The molecule has 0 aliphatic carbocycles. The molecule has 2 aromatic rings. The molecule has 0 bridgehead atoms. The molecule has 4 nitrogen and oxygen atoms in total. The summed E-state index contributed by atoms with van der Waals surface area (Å²) in [7, 11) is 0. The lowest BCUT2D eigenvalue weighted by Crippen LogP contribution is -2.32. The highest BCUT2D eigenvalue weighted by Gasteiger charge is 2.18. The first-order valence-corrected chi connectivity index (χ1v) is 8.12. The molecule has 0 fully saturated rings. The highest BCUT2D eigenvalue weighted by Crippen LogP contribution is 2.23. The molecule has 1 atom stereocenters. The largest absolute Gasteiger partial charge is 0.396 e. The number of nitrogens with zero attached hydrogens (tertiary/aromatic N) is 1. The van der Waals surface area contributed by atoms with Crippen molar-refractivity contribution >= 4 is 5.91 Å². The number of hydrogen-bond acceptors (Lipinski definition) is 2. The van der Waals surface area contributed by atoms with Crippen molar-refractivity contribution in [2.24, 2.45) is 0 Å². The van der Waals surface area contributed by atoms with Gasteiger partial charge in [-0.2, -0.15) is 0 Å². The average molecular weight is 314 g/mol. The number of amides is 1. The van der Waals surface area contributed by atoms with Crippen molar-refractivity contribution in [3.63, 3.8) is 0 Å². The minimum absolute atomic E-state index is 0.0520. The quantitative estimate of drug-likeness (QED) is 0.859. The normalized spacial score (nSPS) is 12.2. The molecule has 0 spiro atoms. The van der Waals surface area contributed by atoms with Gasteiger partial charge in [0, 0.05) is 29.7 Å². The van der Waals surface area contributed by atoms with Crippen molar-refractivity contribution in [2.75, 3.05) is 6.61 Å². The number of para-hydroxylation sites is 1. The van der Waals surface area contributed by atoms with Gasteiger partial charge in [0.15, 0.2) is 0 Å². The number of aliphatic hydroxyl groups excluding tert-OH is 1. The van der Waals surface area contributed by atoms with Gasteiger partial charge in [-0.15, -0.1) is 0 Å². The molecule has 1 aromatic heterocycles. The van der Waals surface area contributed by atoms with Gasteiger partial charge in [-0.1, -0.05) is 18.2 Å². The Labute approximate surface area is 138 Å². The third kappa shape index (κ3) is 3.82. The summed E-state index contributed by atoms with van der Waals surface area (Å²) in [4.78, 5) is 12.5. The number of aromatic nitrogens is 1. The Balaban J connectivity index is 2.27. The SMILES string of the molecule is Cc1ccccc1-n1c(C)cc(C(=O)NC(C)CCCO)c1C. The van der Waals surface area contributed by atoms with Gasteiger partial charge in [0.1, 0.15) is 0 Å². The smallest absolute Gasteiger partial charge is 0.253 e. The van der Waals surface area contributed by atoms with Crippen molar-refractivity contribution < 1.29 is 9.90 Å². The van der Waals surface area contributed by atoms with E-state index in [1.165, 1.54) is 5.56 Å². The molecule has 4 heteroatoms. The maximum absolute atomic E-state index is 12.5. The van der Waals surface area contributed by atoms with Gasteiger partial charge in [0.05, 0.1) is 5.56 Å². The summed E-state index contributed by atoms with van der Waals surface area (Å²) >= 11 is 0. The molecule has 23 heavy (non-hydrogen) atoms. The second-order valence-electron chi connectivity index (χ2n) is 6.15. The number of carbonyl (C=O) groups is 1. The molecule has 0 aliphatic rings. The summed E-state index contributed by atoms with van der Waals surface area (Å²) in [5.41, 5.74) is 4.99. The average Bonchev–Trinajstić information content (AvgIpc) is 2.81. The van der Waals surface area contributed by atoms with E-state index in [0.29, 0.717) is 12.0 Å². The first-order valence-electron chi connectivity index (χ1n) is 8.12. The van der Waals surface area contributed by atoms with Crippen molar-refractivity contribution in [2.45, 2.75) is 46.6 Å². The van der Waals surface area contributed by atoms with Crippen LogP contribution in [0.15, 0.2) is 30.3 Å². The first-order chi connectivity index (χ1) is 11.0. The number of rotatable bonds is 6. The molecule has 1 heterocycles. The zero-order chi connectivity index (χ0) is 17.0. The van der Waals surface area contributed by atoms with E-state index in [0.717, 1.165) is 23.5 Å². The maximum Gasteiger partial charge on any atom is 0.253 e. The Morgan fingerprint density at radius 1 is 1.26 bits per heavy atom. The summed E-state index contributed by atoms with van der Waals surface area (Å²) in [6.07, 6.45) is 1.47. The third-order valence-corrected chi connectivity index (χ3v) is 4.20. The fraction of sp³-hybridized carbons (Fsp3) is 0.421. The second kappa shape index (κ2) is 7.47. The molecule has 1 aromatic carbocycles. The van der Waals surface area contributed by atoms with Crippen LogP contribution in [0, 0.1) is 20.8 Å². The predicted octanol–water partition coefficient (Wildman–Crippen LogP) is 3.29. The fourth-order valence-electron chi connectivity index (χ4n) is 2.95. The molecular weight excluding hydrogens is 288 g/mol. The minimum atomic E-state index is -0.0524. The van der Waals surface area contributed by atoms with Gasteiger partial charge < -0.3 is 15.0 Å². The summed E-state index contributed by atoms with van der Waals surface area (Å²) in [5.74, 6) is -0.0524. The van der Waals surface area contributed by atoms with Gasteiger partial charge in [-0.05, 0) is 58.2 Å². The van der Waals surface area contributed by atoms with Gasteiger partial charge in [0.2, 0.25) is 0 Å². The summed E-state index contributed by atoms with van der Waals surface area (Å²) < 4.78 is 2.13. The number of benzene rings is 1. The standard InChI is InChI=1S/C19H26N2O2/c1-13-8-5-6-10-18(13)21-15(3)12-17(16(21)4)19(23)20-14(2)9-7-11-22/h5-6,8,10,12,14,22H,7,9,11H2,1-4H3,(H,20,23). The first kappa shape index (κ1) is 17.3. The van der Waals surface area contributed by atoms with E-state index in [4.69, 9.17) is 5.11 Å². The lowest BCUT2D eigenvalue weighted by molar-refractivity contribution is 0.0936. The lowest BCUT2D eigenvalue weighted by atomic mass is 10.1. The molecular formula is C19H26N2O2. The number of aryl methyl sites for hydroxylation is 2. The lowest BCUT2D eigenvalue weighted by Gasteiger charge is -2.14. The van der Waals surface area contributed by atoms with Crippen molar-refractivity contribution in [3.05, 3.63) is 52.8 Å². The maximum atomic E-state index is 12.5. The molecule has 2 rings (SSSR count). The van der Waals surface area contributed by atoms with Crippen molar-refractivity contribution in [1.82, 2.24) is 9.88 Å². The Morgan fingerprint density at radius 2 is 1.96 bits per heavy atom. The molecule has 1 unspecified atom stereocenters. The number of hydrogen-bond donors (Lipinski definition) is 2. The van der Waals surface area contributed by atoms with E-state index < -0.39 is 0 Å². The van der Waals surface area contributed by atoms with E-state index in [-0.39, 0.29) is 18.6 Å². The van der Waals surface area contributed by atoms with Crippen LogP contribution in [0.1, 0.15) is 47.1 Å². The summed E-state index contributed by atoms with van der Waals surface area (Å²) in [5, 5.41) is 11.9. The molecule has 0 aliphatic heterocycles. The van der Waals surface area contributed by atoms with E-state index in [2.05, 4.69) is 28.9 Å². The van der Waals surface area contributed by atoms with E-state index in [1.54, 1.807) is 0 Å². The van der Waals surface area contributed by atoms with Gasteiger partial charge in [-0.25, -0.2) is 0 Å². The summed E-state index contributed by atoms with van der Waals surface area (Å²) in [6.45, 7) is 8.19. The van der Waals surface area contributed by atoms with Crippen LogP contribution >= 0.6 is 0 Å². The highest BCUT2D eigenvalue weighted by atomic mass is 16.3. The van der Waals surface area contributed by atoms with E-state index in [1.807, 2.05) is 39.0 Å². The summed E-state index contributed by atoms with van der Waals surface area (Å²) in [6, 6.07) is 10.2. The molecule has 0 saturated heterocycles. The zero-order valence-electron chi connectivity index (χ0n) is 14.4. The van der Waals surface area contributed by atoms with Crippen molar-refractivity contribution in [1.29, 1.82) is 0 Å². The number of aliphatic hydroxyl groups is 1. The molecule has 0 saturated carbocycles. The number of carbonyl (C=O) groups excluding carboxylic acids is 1. The Morgan fingerprint density at radius 3 is 2.61 bits per heavy atom. The second-order valence-corrected chi connectivity index (χ2v) is 6.15. The third-order valence-electron chi connectivity index (χ3n) is 4.20. The van der Waals surface area contributed by atoms with Crippen LogP contribution in [0.4, 0.5) is 0 Å². The van der Waals surface area contributed by atoms with E-state index in [9.17, 15) is 4.79 Å². The van der Waals surface area contributed by atoms with Gasteiger partial charge in [-0.3, -0.25) is 4.79 Å². The van der Waals surface area contributed by atoms with Crippen LogP contribution in [-0.2, 0) is 0 Å². The van der Waals surface area contributed by atoms with Crippen LogP contribution in [0.5, 0.6) is 0 Å². The Hall–Kier alpha value is -2.07. The van der Waals surface area contributed by atoms with Crippen LogP contribution in [-0.4, -0.2) is 28.2 Å². The minimum Gasteiger partial charge on any atom is -0.396 e. The fourth-order valence-corrected chi connectivity index (χ4v) is 2.95. The highest BCUT2D eigenvalue weighted by molar-refractivity contribution is 5.96. The topological polar surface area (TPSA) is 54.3 Å². The number of nitrogens with one attached hydrogen (secondary N) is 1. The monoisotopic (exact) mass is 314 g/mol. The zero-order valence-corrected chi connectivity index (χ0v) is 14.4. The molecule has 0 radical (unpaired) electrons. The van der Waals surface area contributed by atoms with E-state index >= 15 is 0 Å². The van der Waals surface area contributed by atoms with Gasteiger partial charge in [0.25, 0.3) is 5.91 Å². The Kier molecular flexibility index (Phi) is 5.61. The van der Waals surface area contributed by atoms with Crippen LogP contribution in [0.2, 0.25) is 0 Å². The molecule has 2 N–H and O–H groups in total. The van der Waals surface area contributed by atoms with Crippen LogP contribution in [0.3, 0.4) is 0 Å². The van der Waals surface area contributed by atoms with Crippen LogP contribution < -0.4 is 5.32 Å².